The molecule has 0 bridgehead atoms. The standard InChI is InChI=1S/C2H2O4.3ClH.Co/c3-1(4)2(5)6;;;;/h(H,3,4)(H,5,6);3*1H;/q;;;;+3/p-3. The first-order valence-corrected chi connectivity index (χ1v) is 5.78. The van der Waals surface area contributed by atoms with Crippen LogP contribution in [0.15, 0.2) is 0 Å². The van der Waals surface area contributed by atoms with Gasteiger partial charge in [0.25, 0.3) is 0 Å². The molecule has 0 spiro atoms. The zero-order valence-electron chi connectivity index (χ0n) is 4.18. The number of carbonyl (C=O) groups is 2. The maximum absolute atomic E-state index is 9.10. The number of hydrogen-bond acceptors (Lipinski definition) is 2. The Morgan fingerprint density at radius 1 is 1.00 bits per heavy atom. The van der Waals surface area contributed by atoms with Crippen molar-refractivity contribution in [3.05, 3.63) is 0 Å². The second kappa shape index (κ2) is 7.42. The van der Waals surface area contributed by atoms with Gasteiger partial charge in [0, 0.05) is 0 Å². The number of rotatable bonds is 0. The Balaban J connectivity index is 0. The fraction of sp³-hybridized carbons (Fsp3) is 0. The van der Waals surface area contributed by atoms with Crippen LogP contribution in [0.4, 0.5) is 0 Å². The van der Waals surface area contributed by atoms with Crippen molar-refractivity contribution in [1.29, 1.82) is 0 Å². The first-order valence-electron chi connectivity index (χ1n) is 1.48. The van der Waals surface area contributed by atoms with Crippen molar-refractivity contribution in [3.8, 4) is 0 Å². The van der Waals surface area contributed by atoms with E-state index in [-0.39, 0.29) is 0 Å². The molecule has 8 heteroatoms. The molecule has 0 heterocycles. The summed E-state index contributed by atoms with van der Waals surface area (Å²) in [6, 6.07) is 0. The summed E-state index contributed by atoms with van der Waals surface area (Å²) < 4.78 is 0. The van der Waals surface area contributed by atoms with Crippen LogP contribution in [0, 0.1) is 0 Å². The summed E-state index contributed by atoms with van der Waals surface area (Å²) in [6.45, 7) is 0. The van der Waals surface area contributed by atoms with Gasteiger partial charge in [0.15, 0.2) is 0 Å². The van der Waals surface area contributed by atoms with Gasteiger partial charge in [-0.25, -0.2) is 9.59 Å². The quantitative estimate of drug-likeness (QED) is 0.638. The molecule has 0 saturated carbocycles. The Labute approximate surface area is 73.2 Å². The van der Waals surface area contributed by atoms with E-state index >= 15 is 0 Å². The second-order valence-electron chi connectivity index (χ2n) is 0.753. The van der Waals surface area contributed by atoms with E-state index in [1.807, 2.05) is 0 Å². The molecule has 0 rings (SSSR count). The Kier molecular flexibility index (Phi) is 9.61. The molecule has 0 unspecified atom stereocenters. The van der Waals surface area contributed by atoms with Crippen molar-refractivity contribution in [2.45, 2.75) is 0 Å². The van der Waals surface area contributed by atoms with Gasteiger partial charge in [0.2, 0.25) is 0 Å². The van der Waals surface area contributed by atoms with Gasteiger partial charge in [0.05, 0.1) is 0 Å². The van der Waals surface area contributed by atoms with Crippen LogP contribution in [0.3, 0.4) is 0 Å². The Bertz CT molecular complexity index is 111. The number of aliphatic carboxylic acids is 2. The molecule has 0 amide bonds. The number of carboxylic acids is 2. The molecule has 4 nitrogen and oxygen atoms in total. The summed E-state index contributed by atoms with van der Waals surface area (Å²) in [5, 5.41) is 14.8. The van der Waals surface area contributed by atoms with E-state index in [2.05, 4.69) is 0 Å². The third-order valence-corrected chi connectivity index (χ3v) is 0.183. The van der Waals surface area contributed by atoms with Crippen molar-refractivity contribution < 1.29 is 30.8 Å². The van der Waals surface area contributed by atoms with E-state index in [1.54, 1.807) is 0 Å². The van der Waals surface area contributed by atoms with Crippen LogP contribution in [-0.4, -0.2) is 22.2 Å². The summed E-state index contributed by atoms with van der Waals surface area (Å²) in [7, 11) is 13.4. The first-order chi connectivity index (χ1) is 4.37. The fourth-order valence-corrected chi connectivity index (χ4v) is 0. The summed E-state index contributed by atoms with van der Waals surface area (Å²) in [5.41, 5.74) is 0. The van der Waals surface area contributed by atoms with Gasteiger partial charge in [-0.2, -0.15) is 0 Å². The molecule has 10 heavy (non-hydrogen) atoms. The van der Waals surface area contributed by atoms with Crippen LogP contribution in [0.1, 0.15) is 0 Å². The molecule has 0 atom stereocenters. The van der Waals surface area contributed by atoms with Gasteiger partial charge in [-0.05, 0) is 0 Å². The summed E-state index contributed by atoms with van der Waals surface area (Å²) in [5.74, 6) is -3.65. The van der Waals surface area contributed by atoms with E-state index in [4.69, 9.17) is 50.2 Å². The Morgan fingerprint density at radius 3 is 1.10 bits per heavy atom. The maximum atomic E-state index is 9.10. The predicted molar refractivity (Wildman–Crippen MR) is 32.8 cm³/mol. The topological polar surface area (TPSA) is 74.6 Å². The molecule has 0 aromatic heterocycles. The van der Waals surface area contributed by atoms with Crippen LogP contribution in [0.2, 0.25) is 0 Å². The minimum atomic E-state index is -1.82. The van der Waals surface area contributed by atoms with E-state index in [1.165, 1.54) is 0 Å². The van der Waals surface area contributed by atoms with Crippen LogP contribution in [-0.2, 0) is 20.5 Å². The van der Waals surface area contributed by atoms with Crippen molar-refractivity contribution in [2.75, 3.05) is 0 Å². The minimum absolute atomic E-state index is 1.19. The summed E-state index contributed by atoms with van der Waals surface area (Å²) in [6.07, 6.45) is 0. The molecule has 0 aromatic rings. The van der Waals surface area contributed by atoms with Crippen LogP contribution < -0.4 is 0 Å². The normalized spacial score (nSPS) is 8.90. The average Bonchev–Trinajstić information content (AvgIpc) is 1.63. The van der Waals surface area contributed by atoms with E-state index < -0.39 is 22.9 Å². The molecule has 2 N–H and O–H groups in total. The molecule has 0 aromatic carbocycles. The third-order valence-electron chi connectivity index (χ3n) is 0.183. The van der Waals surface area contributed by atoms with E-state index in [0.717, 1.165) is 0 Å². The second-order valence-corrected chi connectivity index (χ2v) is 5.91. The van der Waals surface area contributed by atoms with E-state index in [0.29, 0.717) is 0 Å². The molecule has 0 aliphatic carbocycles. The number of hydrogen-bond donors (Lipinski definition) is 2. The SMILES string of the molecule is O=C(O)C(=O)O.[Cl][Co]([Cl])[Cl]. The van der Waals surface area contributed by atoms with E-state index in [9.17, 15) is 0 Å². The molecule has 0 aliphatic rings. The van der Waals surface area contributed by atoms with Gasteiger partial charge in [-0.1, -0.05) is 0 Å². The van der Waals surface area contributed by atoms with Crippen LogP contribution in [0.5, 0.6) is 0 Å². The summed E-state index contributed by atoms with van der Waals surface area (Å²) in [4.78, 5) is 18.2. The number of carboxylic acid groups (broad SMARTS) is 2. The van der Waals surface area contributed by atoms with Crippen molar-refractivity contribution in [2.24, 2.45) is 0 Å². The molecule has 64 valence electrons. The van der Waals surface area contributed by atoms with Crippen molar-refractivity contribution in [1.82, 2.24) is 0 Å². The van der Waals surface area contributed by atoms with Gasteiger partial charge >= 0.3 is 53.3 Å². The molecule has 0 radical (unpaired) electrons. The monoisotopic (exact) mass is 254 g/mol. The number of halogens is 3. The molecule has 0 aliphatic heterocycles. The van der Waals surface area contributed by atoms with Crippen LogP contribution >= 0.6 is 30.4 Å². The van der Waals surface area contributed by atoms with Crippen molar-refractivity contribution >= 4 is 42.4 Å². The molecular formula is C2H2Cl3CoO4. The van der Waals surface area contributed by atoms with Crippen molar-refractivity contribution in [3.63, 3.8) is 0 Å². The zero-order chi connectivity index (χ0) is 8.73. The molecular weight excluding hydrogens is 253 g/mol. The average molecular weight is 255 g/mol. The zero-order valence-corrected chi connectivity index (χ0v) is 7.49. The Hall–Kier alpha value is 0.316. The van der Waals surface area contributed by atoms with Gasteiger partial charge in [-0.3, -0.25) is 0 Å². The third kappa shape index (κ3) is 23.9. The Morgan fingerprint density at radius 2 is 1.10 bits per heavy atom. The van der Waals surface area contributed by atoms with Gasteiger partial charge in [-0.15, -0.1) is 0 Å². The first kappa shape index (κ1) is 12.9. The summed E-state index contributed by atoms with van der Waals surface area (Å²) >= 11 is 0. The molecule has 0 saturated heterocycles. The fourth-order valence-electron chi connectivity index (χ4n) is 0. The van der Waals surface area contributed by atoms with Gasteiger partial charge < -0.3 is 10.2 Å². The van der Waals surface area contributed by atoms with Crippen LogP contribution in [0.25, 0.3) is 0 Å². The predicted octanol–water partition coefficient (Wildman–Crippen LogP) is 1.22. The van der Waals surface area contributed by atoms with Gasteiger partial charge in [0.1, 0.15) is 0 Å². The molecule has 0 fully saturated rings.